The van der Waals surface area contributed by atoms with Gasteiger partial charge in [0.2, 0.25) is 0 Å². The molecule has 0 spiro atoms. The fraction of sp³-hybridized carbons (Fsp3) is 0.350. The molecule has 1 saturated heterocycles. The van der Waals surface area contributed by atoms with E-state index in [1.807, 2.05) is 12.1 Å². The van der Waals surface area contributed by atoms with Crippen LogP contribution in [-0.2, 0) is 0 Å². The van der Waals surface area contributed by atoms with E-state index in [0.717, 1.165) is 24.3 Å². The van der Waals surface area contributed by atoms with Crippen LogP contribution in [0.1, 0.15) is 41.7 Å². The first kappa shape index (κ1) is 17.9. The van der Waals surface area contributed by atoms with Crippen LogP contribution >= 0.6 is 11.6 Å². The number of likely N-dealkylation sites (tertiary alicyclic amines) is 1. The zero-order valence-corrected chi connectivity index (χ0v) is 15.0. The predicted octanol–water partition coefficient (Wildman–Crippen LogP) is 4.93. The molecule has 2 aromatic carbocycles. The van der Waals surface area contributed by atoms with E-state index >= 15 is 0 Å². The van der Waals surface area contributed by atoms with Crippen molar-refractivity contribution in [2.45, 2.75) is 25.8 Å². The number of nitrogens with one attached hydrogen (secondary N) is 1. The standard InChI is InChI=1S/C20H22ClFN2O/c1-14(25)16-6-9-18(21)19(12-16)23-13-20(24-10-2-3-11-24)15-4-7-17(22)8-5-15/h4-9,12,20,23H,2-3,10-11,13H2,1H3. The van der Waals surface area contributed by atoms with E-state index in [0.29, 0.717) is 17.1 Å². The third-order valence-electron chi connectivity index (χ3n) is 4.69. The van der Waals surface area contributed by atoms with Crippen LogP contribution in [0.15, 0.2) is 42.5 Å². The Bertz CT molecular complexity index is 742. The first-order chi connectivity index (χ1) is 12.0. The van der Waals surface area contributed by atoms with Gasteiger partial charge in [-0.25, -0.2) is 4.39 Å². The van der Waals surface area contributed by atoms with E-state index in [9.17, 15) is 9.18 Å². The Morgan fingerprint density at radius 3 is 2.52 bits per heavy atom. The summed E-state index contributed by atoms with van der Waals surface area (Å²) >= 11 is 6.27. The number of ketones is 1. The molecule has 1 N–H and O–H groups in total. The predicted molar refractivity (Wildman–Crippen MR) is 99.9 cm³/mol. The summed E-state index contributed by atoms with van der Waals surface area (Å²) in [7, 11) is 0. The summed E-state index contributed by atoms with van der Waals surface area (Å²) in [4.78, 5) is 14.0. The molecule has 5 heteroatoms. The highest BCUT2D eigenvalue weighted by Gasteiger charge is 2.23. The summed E-state index contributed by atoms with van der Waals surface area (Å²) in [5.74, 6) is -0.219. The Hall–Kier alpha value is -1.91. The van der Waals surface area contributed by atoms with Gasteiger partial charge >= 0.3 is 0 Å². The molecular formula is C20H22ClFN2O. The lowest BCUT2D eigenvalue weighted by Crippen LogP contribution is -2.31. The summed E-state index contributed by atoms with van der Waals surface area (Å²) in [5.41, 5.74) is 2.46. The van der Waals surface area contributed by atoms with Crippen molar-refractivity contribution in [1.82, 2.24) is 4.90 Å². The summed E-state index contributed by atoms with van der Waals surface area (Å²) in [6, 6.07) is 12.1. The van der Waals surface area contributed by atoms with Crippen LogP contribution in [-0.4, -0.2) is 30.3 Å². The number of hydrogen-bond acceptors (Lipinski definition) is 3. The van der Waals surface area contributed by atoms with Gasteiger partial charge in [0.1, 0.15) is 5.82 Å². The third-order valence-corrected chi connectivity index (χ3v) is 5.02. The second kappa shape index (κ2) is 7.98. The van der Waals surface area contributed by atoms with Crippen LogP contribution in [0, 0.1) is 5.82 Å². The van der Waals surface area contributed by atoms with Crippen LogP contribution in [0.3, 0.4) is 0 Å². The van der Waals surface area contributed by atoms with Crippen molar-refractivity contribution >= 4 is 23.1 Å². The highest BCUT2D eigenvalue weighted by molar-refractivity contribution is 6.33. The Balaban J connectivity index is 1.80. The number of hydrogen-bond donors (Lipinski definition) is 1. The van der Waals surface area contributed by atoms with E-state index in [1.165, 1.54) is 25.0 Å². The van der Waals surface area contributed by atoms with Gasteiger partial charge in [0, 0.05) is 12.1 Å². The van der Waals surface area contributed by atoms with Gasteiger partial charge in [-0.1, -0.05) is 23.7 Å². The van der Waals surface area contributed by atoms with Crippen molar-refractivity contribution in [3.63, 3.8) is 0 Å². The highest BCUT2D eigenvalue weighted by Crippen LogP contribution is 2.28. The van der Waals surface area contributed by atoms with Crippen LogP contribution in [0.25, 0.3) is 0 Å². The molecule has 3 rings (SSSR count). The van der Waals surface area contributed by atoms with E-state index in [2.05, 4.69) is 10.2 Å². The number of benzene rings is 2. The SMILES string of the molecule is CC(=O)c1ccc(Cl)c(NCC(c2ccc(F)cc2)N2CCCC2)c1. The fourth-order valence-corrected chi connectivity index (χ4v) is 3.47. The number of rotatable bonds is 6. The number of anilines is 1. The molecule has 1 fully saturated rings. The lowest BCUT2D eigenvalue weighted by atomic mass is 10.0. The number of Topliss-reactive ketones (excluding diaryl/α,β-unsaturated/α-hetero) is 1. The lowest BCUT2D eigenvalue weighted by molar-refractivity contribution is 0.101. The maximum atomic E-state index is 13.3. The van der Waals surface area contributed by atoms with Gasteiger partial charge in [-0.15, -0.1) is 0 Å². The first-order valence-electron chi connectivity index (χ1n) is 8.58. The molecule has 0 aliphatic carbocycles. The minimum absolute atomic E-state index is 0.00865. The minimum atomic E-state index is -0.228. The lowest BCUT2D eigenvalue weighted by Gasteiger charge is -2.29. The smallest absolute Gasteiger partial charge is 0.159 e. The fourth-order valence-electron chi connectivity index (χ4n) is 3.28. The molecule has 0 aromatic heterocycles. The van der Waals surface area contributed by atoms with Gasteiger partial charge in [-0.2, -0.15) is 0 Å². The molecule has 1 unspecified atom stereocenters. The third kappa shape index (κ3) is 4.39. The van der Waals surface area contributed by atoms with Gasteiger partial charge in [0.05, 0.1) is 16.8 Å². The highest BCUT2D eigenvalue weighted by atomic mass is 35.5. The van der Waals surface area contributed by atoms with Gasteiger partial charge < -0.3 is 5.32 Å². The topological polar surface area (TPSA) is 32.3 Å². The van der Waals surface area contributed by atoms with Gasteiger partial charge in [-0.3, -0.25) is 9.69 Å². The number of carbonyl (C=O) groups is 1. The first-order valence-corrected chi connectivity index (χ1v) is 8.96. The molecule has 1 atom stereocenters. The normalized spacial score (nSPS) is 16.0. The zero-order chi connectivity index (χ0) is 17.8. The van der Waals surface area contributed by atoms with Crippen molar-refractivity contribution in [3.8, 4) is 0 Å². The Morgan fingerprint density at radius 1 is 1.20 bits per heavy atom. The van der Waals surface area contributed by atoms with Crippen LogP contribution in [0.2, 0.25) is 5.02 Å². The molecule has 1 heterocycles. The Labute approximate surface area is 152 Å². The minimum Gasteiger partial charge on any atom is -0.382 e. The molecule has 25 heavy (non-hydrogen) atoms. The summed E-state index contributed by atoms with van der Waals surface area (Å²) in [6.45, 7) is 4.25. The molecule has 132 valence electrons. The second-order valence-electron chi connectivity index (χ2n) is 6.44. The van der Waals surface area contributed by atoms with E-state index in [1.54, 1.807) is 25.1 Å². The van der Waals surface area contributed by atoms with Crippen molar-refractivity contribution < 1.29 is 9.18 Å². The maximum absolute atomic E-state index is 13.3. The summed E-state index contributed by atoms with van der Waals surface area (Å²) < 4.78 is 13.3. The summed E-state index contributed by atoms with van der Waals surface area (Å²) in [6.07, 6.45) is 2.36. The van der Waals surface area contributed by atoms with Gasteiger partial charge in [0.25, 0.3) is 0 Å². The average Bonchev–Trinajstić information content (AvgIpc) is 3.12. The number of carbonyl (C=O) groups excluding carboxylic acids is 1. The molecule has 1 aliphatic rings. The monoisotopic (exact) mass is 360 g/mol. The van der Waals surface area contributed by atoms with Crippen molar-refractivity contribution in [2.75, 3.05) is 25.0 Å². The van der Waals surface area contributed by atoms with Crippen molar-refractivity contribution in [1.29, 1.82) is 0 Å². The quantitative estimate of drug-likeness (QED) is 0.741. The molecular weight excluding hydrogens is 339 g/mol. The largest absolute Gasteiger partial charge is 0.382 e. The van der Waals surface area contributed by atoms with E-state index < -0.39 is 0 Å². The van der Waals surface area contributed by atoms with Gasteiger partial charge in [0.15, 0.2) is 5.78 Å². The number of halogens is 2. The van der Waals surface area contributed by atoms with Crippen LogP contribution in [0.4, 0.5) is 10.1 Å². The Morgan fingerprint density at radius 2 is 1.88 bits per heavy atom. The van der Waals surface area contributed by atoms with E-state index in [-0.39, 0.29) is 17.6 Å². The second-order valence-corrected chi connectivity index (χ2v) is 6.85. The van der Waals surface area contributed by atoms with Crippen LogP contribution < -0.4 is 5.32 Å². The molecule has 1 aliphatic heterocycles. The van der Waals surface area contributed by atoms with Gasteiger partial charge in [-0.05, 0) is 68.8 Å². The zero-order valence-electron chi connectivity index (χ0n) is 14.3. The number of nitrogens with zero attached hydrogens (tertiary/aromatic N) is 1. The molecule has 2 aromatic rings. The Kier molecular flexibility index (Phi) is 5.71. The molecule has 3 nitrogen and oxygen atoms in total. The molecule has 0 saturated carbocycles. The van der Waals surface area contributed by atoms with Crippen molar-refractivity contribution in [3.05, 3.63) is 64.4 Å². The molecule has 0 radical (unpaired) electrons. The average molecular weight is 361 g/mol. The maximum Gasteiger partial charge on any atom is 0.159 e. The van der Waals surface area contributed by atoms with Crippen LogP contribution in [0.5, 0.6) is 0 Å². The molecule has 0 bridgehead atoms. The van der Waals surface area contributed by atoms with Crippen molar-refractivity contribution in [2.24, 2.45) is 0 Å². The summed E-state index contributed by atoms with van der Waals surface area (Å²) in [5, 5.41) is 3.97. The molecule has 0 amide bonds. The van der Waals surface area contributed by atoms with E-state index in [4.69, 9.17) is 11.6 Å².